The van der Waals surface area contributed by atoms with Crippen LogP contribution in [0.2, 0.25) is 0 Å². The van der Waals surface area contributed by atoms with E-state index in [0.29, 0.717) is 31.3 Å². The molecule has 0 bridgehead atoms. The van der Waals surface area contributed by atoms with Crippen molar-refractivity contribution in [1.29, 1.82) is 0 Å². The van der Waals surface area contributed by atoms with Crippen molar-refractivity contribution in [2.24, 2.45) is 0 Å². The predicted octanol–water partition coefficient (Wildman–Crippen LogP) is 2.30. The molecule has 0 saturated carbocycles. The van der Waals surface area contributed by atoms with Gasteiger partial charge in [-0.15, -0.1) is 5.10 Å². The molecule has 0 radical (unpaired) electrons. The number of sulfonamides is 1. The van der Waals surface area contributed by atoms with Crippen LogP contribution >= 0.6 is 0 Å². The molecule has 0 N–H and O–H groups in total. The minimum Gasteiger partial charge on any atom is -0.472 e. The third-order valence-corrected chi connectivity index (χ3v) is 5.79. The van der Waals surface area contributed by atoms with Gasteiger partial charge in [-0.3, -0.25) is 0 Å². The van der Waals surface area contributed by atoms with Crippen LogP contribution in [0.1, 0.15) is 18.5 Å². The Kier molecular flexibility index (Phi) is 4.96. The monoisotopic (exact) mass is 369 g/mol. The van der Waals surface area contributed by atoms with Crippen molar-refractivity contribution in [2.45, 2.75) is 30.8 Å². The Labute approximate surface area is 144 Å². The van der Waals surface area contributed by atoms with Crippen LogP contribution in [-0.2, 0) is 10.0 Å². The van der Waals surface area contributed by atoms with Crippen molar-refractivity contribution < 1.29 is 21.9 Å². The van der Waals surface area contributed by atoms with Crippen molar-refractivity contribution in [3.05, 3.63) is 47.7 Å². The van der Waals surface area contributed by atoms with Crippen molar-refractivity contribution in [1.82, 2.24) is 14.5 Å². The number of piperidine rings is 1. The molecule has 1 fully saturated rings. The first-order chi connectivity index (χ1) is 11.9. The lowest BCUT2D eigenvalue weighted by atomic mass is 10.1. The summed E-state index contributed by atoms with van der Waals surface area (Å²) < 4.78 is 58.6. The summed E-state index contributed by atoms with van der Waals surface area (Å²) in [5, 5.41) is 7.80. The van der Waals surface area contributed by atoms with Gasteiger partial charge in [-0.05, 0) is 44.0 Å². The van der Waals surface area contributed by atoms with E-state index in [1.165, 1.54) is 4.31 Å². The van der Waals surface area contributed by atoms with Crippen LogP contribution in [0.25, 0.3) is 0 Å². The highest BCUT2D eigenvalue weighted by Crippen LogP contribution is 2.24. The minimum atomic E-state index is -3.92. The lowest BCUT2D eigenvalue weighted by Crippen LogP contribution is -2.44. The summed E-state index contributed by atoms with van der Waals surface area (Å²) in [6.07, 6.45) is 0.873. The van der Waals surface area contributed by atoms with E-state index in [1.807, 2.05) is 0 Å². The van der Waals surface area contributed by atoms with Crippen LogP contribution in [0, 0.1) is 18.6 Å². The zero-order valence-corrected chi connectivity index (χ0v) is 14.3. The normalized spacial score (nSPS) is 18.9. The Bertz CT molecular complexity index is 859. The maximum atomic E-state index is 13.4. The minimum absolute atomic E-state index is 0.108. The molecule has 1 saturated heterocycles. The van der Waals surface area contributed by atoms with Gasteiger partial charge in [0.2, 0.25) is 15.9 Å². The Morgan fingerprint density at radius 3 is 2.64 bits per heavy atom. The smallest absolute Gasteiger partial charge is 0.243 e. The van der Waals surface area contributed by atoms with Gasteiger partial charge < -0.3 is 4.74 Å². The molecule has 1 aliphatic rings. The van der Waals surface area contributed by atoms with E-state index in [0.717, 1.165) is 17.8 Å². The fourth-order valence-corrected chi connectivity index (χ4v) is 4.15. The van der Waals surface area contributed by atoms with Gasteiger partial charge in [-0.25, -0.2) is 17.2 Å². The van der Waals surface area contributed by atoms with Gasteiger partial charge in [-0.2, -0.15) is 9.40 Å². The van der Waals surface area contributed by atoms with Crippen LogP contribution in [0.15, 0.2) is 35.2 Å². The molecule has 0 aliphatic carbocycles. The lowest BCUT2D eigenvalue weighted by molar-refractivity contribution is 0.123. The molecule has 3 rings (SSSR count). The molecule has 0 amide bonds. The fourth-order valence-electron chi connectivity index (χ4n) is 2.63. The first-order valence-corrected chi connectivity index (χ1v) is 9.22. The molecule has 1 aromatic heterocycles. The second-order valence-electron chi connectivity index (χ2n) is 5.83. The van der Waals surface area contributed by atoms with E-state index in [2.05, 4.69) is 10.2 Å². The second-order valence-corrected chi connectivity index (χ2v) is 7.77. The van der Waals surface area contributed by atoms with E-state index < -0.39 is 21.7 Å². The van der Waals surface area contributed by atoms with E-state index in [9.17, 15) is 17.2 Å². The molecule has 0 spiro atoms. The van der Waals surface area contributed by atoms with E-state index in [-0.39, 0.29) is 17.5 Å². The van der Waals surface area contributed by atoms with Crippen LogP contribution in [0.5, 0.6) is 5.88 Å². The number of benzene rings is 1. The lowest BCUT2D eigenvalue weighted by Gasteiger charge is -2.31. The largest absolute Gasteiger partial charge is 0.472 e. The zero-order chi connectivity index (χ0) is 18.0. The Hall–Kier alpha value is -2.13. The van der Waals surface area contributed by atoms with E-state index >= 15 is 0 Å². The Balaban J connectivity index is 1.75. The molecular formula is C16H17F2N3O3S. The average molecular weight is 369 g/mol. The quantitative estimate of drug-likeness (QED) is 0.827. The Morgan fingerprint density at radius 2 is 1.96 bits per heavy atom. The summed E-state index contributed by atoms with van der Waals surface area (Å²) in [4.78, 5) is -0.276. The first-order valence-electron chi connectivity index (χ1n) is 7.78. The molecule has 1 aliphatic heterocycles. The molecule has 1 unspecified atom stereocenters. The van der Waals surface area contributed by atoms with Gasteiger partial charge in [0.05, 0.1) is 17.1 Å². The topological polar surface area (TPSA) is 72.4 Å². The number of rotatable bonds is 4. The molecule has 1 atom stereocenters. The predicted molar refractivity (Wildman–Crippen MR) is 85.5 cm³/mol. The van der Waals surface area contributed by atoms with Crippen LogP contribution < -0.4 is 4.74 Å². The number of aromatic nitrogens is 2. The van der Waals surface area contributed by atoms with Gasteiger partial charge in [0.25, 0.3) is 0 Å². The third kappa shape index (κ3) is 3.93. The highest BCUT2D eigenvalue weighted by atomic mass is 32.2. The van der Waals surface area contributed by atoms with E-state index in [1.54, 1.807) is 19.1 Å². The molecule has 134 valence electrons. The number of hydrogen-bond acceptors (Lipinski definition) is 5. The van der Waals surface area contributed by atoms with Crippen LogP contribution in [0.3, 0.4) is 0 Å². The first kappa shape index (κ1) is 17.7. The van der Waals surface area contributed by atoms with Crippen molar-refractivity contribution in [3.63, 3.8) is 0 Å². The molecule has 25 heavy (non-hydrogen) atoms. The van der Waals surface area contributed by atoms with Crippen molar-refractivity contribution in [2.75, 3.05) is 13.1 Å². The number of hydrogen-bond donors (Lipinski definition) is 0. The Morgan fingerprint density at radius 1 is 1.16 bits per heavy atom. The maximum absolute atomic E-state index is 13.4. The molecule has 9 heteroatoms. The van der Waals surface area contributed by atoms with Gasteiger partial charge in [0, 0.05) is 12.6 Å². The van der Waals surface area contributed by atoms with Gasteiger partial charge >= 0.3 is 0 Å². The van der Waals surface area contributed by atoms with Crippen LogP contribution in [0.4, 0.5) is 8.78 Å². The van der Waals surface area contributed by atoms with Gasteiger partial charge in [-0.1, -0.05) is 0 Å². The zero-order valence-electron chi connectivity index (χ0n) is 13.5. The third-order valence-electron chi connectivity index (χ3n) is 3.93. The molecule has 1 aromatic carbocycles. The second kappa shape index (κ2) is 7.01. The summed E-state index contributed by atoms with van der Waals surface area (Å²) in [6, 6.07) is 5.98. The fraction of sp³-hybridized carbons (Fsp3) is 0.375. The highest BCUT2D eigenvalue weighted by molar-refractivity contribution is 7.89. The molecule has 2 aromatic rings. The molecule has 6 nitrogen and oxygen atoms in total. The molecular weight excluding hydrogens is 352 g/mol. The summed E-state index contributed by atoms with van der Waals surface area (Å²) >= 11 is 0. The van der Waals surface area contributed by atoms with Gasteiger partial charge in [0.1, 0.15) is 6.10 Å². The van der Waals surface area contributed by atoms with Crippen molar-refractivity contribution >= 4 is 10.0 Å². The number of halogens is 2. The van der Waals surface area contributed by atoms with Crippen molar-refractivity contribution in [3.8, 4) is 5.88 Å². The summed E-state index contributed by atoms with van der Waals surface area (Å²) in [7, 11) is -3.92. The number of nitrogens with zero attached hydrogens (tertiary/aromatic N) is 3. The maximum Gasteiger partial charge on any atom is 0.243 e. The average Bonchev–Trinajstić information content (AvgIpc) is 2.59. The van der Waals surface area contributed by atoms with E-state index in [4.69, 9.17) is 4.74 Å². The highest BCUT2D eigenvalue weighted by Gasteiger charge is 2.32. The summed E-state index contributed by atoms with van der Waals surface area (Å²) in [5.41, 5.74) is 0.749. The summed E-state index contributed by atoms with van der Waals surface area (Å²) in [6.45, 7) is 2.20. The summed E-state index contributed by atoms with van der Waals surface area (Å²) in [5.74, 6) is -1.96. The number of ether oxygens (including phenoxy) is 1. The number of aryl methyl sites for hydroxylation is 1. The standard InChI is InChI=1S/C16H17F2N3O3S/c1-11-4-7-16(20-19-11)24-12-3-2-8-21(10-12)25(22,23)13-5-6-14(17)15(18)9-13/h4-7,9,12H,2-3,8,10H2,1H3. The van der Waals surface area contributed by atoms with Gasteiger partial charge in [0.15, 0.2) is 11.6 Å². The SMILES string of the molecule is Cc1ccc(OC2CCCN(S(=O)(=O)c3ccc(F)c(F)c3)C2)nn1. The van der Waals surface area contributed by atoms with Crippen LogP contribution in [-0.4, -0.2) is 42.1 Å². The molecule has 2 heterocycles.